The van der Waals surface area contributed by atoms with E-state index in [0.717, 1.165) is 0 Å². The average Bonchev–Trinajstić information content (AvgIpc) is 2.38. The third-order valence-corrected chi connectivity index (χ3v) is 3.68. The van der Waals surface area contributed by atoms with Crippen molar-refractivity contribution >= 4 is 5.91 Å². The molecule has 0 atom stereocenters. The van der Waals surface area contributed by atoms with Gasteiger partial charge in [-0.15, -0.1) is 0 Å². The van der Waals surface area contributed by atoms with E-state index in [-0.39, 0.29) is 18.8 Å². The third-order valence-electron chi connectivity index (χ3n) is 3.68. The topological polar surface area (TPSA) is 56.0 Å². The summed E-state index contributed by atoms with van der Waals surface area (Å²) in [6, 6.07) is 3.17. The number of nitrogens with two attached hydrogens (primary N) is 1. The molecule has 0 saturated heterocycles. The zero-order valence-corrected chi connectivity index (χ0v) is 10.3. The Morgan fingerprint density at radius 3 is 2.42 bits per heavy atom. The molecule has 1 aromatic heterocycles. The summed E-state index contributed by atoms with van der Waals surface area (Å²) in [5, 5.41) is 0. The van der Waals surface area contributed by atoms with Crippen LogP contribution in [0.5, 0.6) is 0 Å². The number of carbonyl (C=O) groups excluding carboxylic acids is 1. The SMILES string of the molecule is NC(=O)c1cccnc1C1CCC(C(F)(F)F)CC1. The fraction of sp³-hybridized carbons (Fsp3) is 0.538. The van der Waals surface area contributed by atoms with Gasteiger partial charge in [0.1, 0.15) is 0 Å². The van der Waals surface area contributed by atoms with Gasteiger partial charge in [-0.05, 0) is 37.8 Å². The molecule has 0 bridgehead atoms. The predicted molar refractivity (Wildman–Crippen MR) is 63.5 cm³/mol. The summed E-state index contributed by atoms with van der Waals surface area (Å²) in [4.78, 5) is 15.4. The largest absolute Gasteiger partial charge is 0.391 e. The van der Waals surface area contributed by atoms with Crippen molar-refractivity contribution in [3.63, 3.8) is 0 Å². The van der Waals surface area contributed by atoms with Crippen LogP contribution in [-0.2, 0) is 0 Å². The first-order chi connectivity index (χ1) is 8.89. The maximum absolute atomic E-state index is 12.6. The first-order valence-electron chi connectivity index (χ1n) is 6.21. The molecule has 1 aromatic rings. The molecular formula is C13H15F3N2O. The molecule has 2 rings (SSSR count). The second kappa shape index (κ2) is 5.19. The minimum absolute atomic E-state index is 0.0863. The molecule has 0 aliphatic heterocycles. The number of rotatable bonds is 2. The van der Waals surface area contributed by atoms with E-state index < -0.39 is 18.0 Å². The van der Waals surface area contributed by atoms with Crippen LogP contribution in [0.4, 0.5) is 13.2 Å². The van der Waals surface area contributed by atoms with Crippen LogP contribution in [-0.4, -0.2) is 17.1 Å². The fourth-order valence-corrected chi connectivity index (χ4v) is 2.65. The molecule has 0 unspecified atom stereocenters. The summed E-state index contributed by atoms with van der Waals surface area (Å²) in [5.41, 5.74) is 6.11. The molecule has 1 saturated carbocycles. The molecule has 0 radical (unpaired) electrons. The van der Waals surface area contributed by atoms with E-state index in [4.69, 9.17) is 5.73 Å². The van der Waals surface area contributed by atoms with Crippen LogP contribution in [0.3, 0.4) is 0 Å². The number of halogens is 3. The lowest BCUT2D eigenvalue weighted by Gasteiger charge is -2.30. The summed E-state index contributed by atoms with van der Waals surface area (Å²) < 4.78 is 37.8. The van der Waals surface area contributed by atoms with Crippen LogP contribution < -0.4 is 5.73 Å². The molecule has 1 amide bonds. The first-order valence-corrected chi connectivity index (χ1v) is 6.21. The van der Waals surface area contributed by atoms with Crippen molar-refractivity contribution in [3.05, 3.63) is 29.6 Å². The van der Waals surface area contributed by atoms with Gasteiger partial charge in [0.25, 0.3) is 5.91 Å². The van der Waals surface area contributed by atoms with Gasteiger partial charge >= 0.3 is 6.18 Å². The van der Waals surface area contributed by atoms with E-state index in [1.807, 2.05) is 0 Å². The normalized spacial score (nSPS) is 24.2. The van der Waals surface area contributed by atoms with Crippen LogP contribution in [0.2, 0.25) is 0 Å². The number of pyridine rings is 1. The van der Waals surface area contributed by atoms with Gasteiger partial charge in [-0.2, -0.15) is 13.2 Å². The van der Waals surface area contributed by atoms with Crippen molar-refractivity contribution in [2.24, 2.45) is 11.7 Å². The highest BCUT2D eigenvalue weighted by molar-refractivity contribution is 5.94. The molecule has 6 heteroatoms. The van der Waals surface area contributed by atoms with Crippen molar-refractivity contribution < 1.29 is 18.0 Å². The Kier molecular flexibility index (Phi) is 3.78. The quantitative estimate of drug-likeness (QED) is 0.899. The Labute approximate surface area is 109 Å². The zero-order valence-electron chi connectivity index (χ0n) is 10.3. The van der Waals surface area contributed by atoms with E-state index in [2.05, 4.69) is 4.98 Å². The number of carbonyl (C=O) groups is 1. The number of hydrogen-bond acceptors (Lipinski definition) is 2. The lowest BCUT2D eigenvalue weighted by Crippen LogP contribution is -2.28. The van der Waals surface area contributed by atoms with Gasteiger partial charge in [0, 0.05) is 12.1 Å². The standard InChI is InChI=1S/C13H15F3N2O/c14-13(15,16)9-5-3-8(4-6-9)11-10(12(17)19)2-1-7-18-11/h1-2,7-9H,3-6H2,(H2,17,19). The Bertz CT molecular complexity index is 465. The Morgan fingerprint density at radius 2 is 1.89 bits per heavy atom. The second-order valence-corrected chi connectivity index (χ2v) is 4.89. The van der Waals surface area contributed by atoms with Gasteiger partial charge in [-0.3, -0.25) is 9.78 Å². The van der Waals surface area contributed by atoms with E-state index in [1.165, 1.54) is 6.20 Å². The summed E-state index contributed by atoms with van der Waals surface area (Å²) in [5.74, 6) is -1.92. The minimum atomic E-state index is -4.12. The summed E-state index contributed by atoms with van der Waals surface area (Å²) in [7, 11) is 0. The molecule has 1 heterocycles. The maximum Gasteiger partial charge on any atom is 0.391 e. The number of alkyl halides is 3. The van der Waals surface area contributed by atoms with Gasteiger partial charge in [0.05, 0.1) is 17.2 Å². The van der Waals surface area contributed by atoms with Gasteiger partial charge in [0.2, 0.25) is 0 Å². The number of aromatic nitrogens is 1. The van der Waals surface area contributed by atoms with Crippen molar-refractivity contribution in [2.45, 2.75) is 37.8 Å². The Balaban J connectivity index is 2.12. The molecule has 1 fully saturated rings. The minimum Gasteiger partial charge on any atom is -0.366 e. The van der Waals surface area contributed by atoms with Gasteiger partial charge in [-0.25, -0.2) is 0 Å². The first kappa shape index (κ1) is 13.8. The number of nitrogens with zero attached hydrogens (tertiary/aromatic N) is 1. The number of amides is 1. The summed E-state index contributed by atoms with van der Waals surface area (Å²) >= 11 is 0. The average molecular weight is 272 g/mol. The third kappa shape index (κ3) is 3.05. The highest BCUT2D eigenvalue weighted by Gasteiger charge is 2.42. The lowest BCUT2D eigenvalue weighted by atomic mass is 9.79. The van der Waals surface area contributed by atoms with E-state index in [1.54, 1.807) is 12.1 Å². The summed E-state index contributed by atoms with van der Waals surface area (Å²) in [6.45, 7) is 0. The molecule has 1 aliphatic carbocycles. The molecule has 1 aliphatic rings. The van der Waals surface area contributed by atoms with Gasteiger partial charge < -0.3 is 5.73 Å². The van der Waals surface area contributed by atoms with Crippen LogP contribution >= 0.6 is 0 Å². The zero-order chi connectivity index (χ0) is 14.0. The molecule has 104 valence electrons. The highest BCUT2D eigenvalue weighted by atomic mass is 19.4. The van der Waals surface area contributed by atoms with Crippen LogP contribution in [0.15, 0.2) is 18.3 Å². The van der Waals surface area contributed by atoms with Crippen molar-refractivity contribution in [1.82, 2.24) is 4.98 Å². The molecule has 3 nitrogen and oxygen atoms in total. The second-order valence-electron chi connectivity index (χ2n) is 4.89. The Hall–Kier alpha value is -1.59. The van der Waals surface area contributed by atoms with Crippen LogP contribution in [0, 0.1) is 5.92 Å². The molecule has 19 heavy (non-hydrogen) atoms. The molecule has 0 spiro atoms. The predicted octanol–water partition coefficient (Wildman–Crippen LogP) is 3.02. The lowest BCUT2D eigenvalue weighted by molar-refractivity contribution is -0.182. The monoisotopic (exact) mass is 272 g/mol. The van der Waals surface area contributed by atoms with Gasteiger partial charge in [0.15, 0.2) is 0 Å². The van der Waals surface area contributed by atoms with E-state index in [9.17, 15) is 18.0 Å². The number of hydrogen-bond donors (Lipinski definition) is 1. The summed E-state index contributed by atoms with van der Waals surface area (Å²) in [6.07, 6.45) is -1.63. The highest BCUT2D eigenvalue weighted by Crippen LogP contribution is 2.42. The smallest absolute Gasteiger partial charge is 0.366 e. The molecule has 2 N–H and O–H groups in total. The molecular weight excluding hydrogens is 257 g/mol. The van der Waals surface area contributed by atoms with Crippen molar-refractivity contribution in [1.29, 1.82) is 0 Å². The van der Waals surface area contributed by atoms with Crippen molar-refractivity contribution in [3.8, 4) is 0 Å². The van der Waals surface area contributed by atoms with E-state index in [0.29, 0.717) is 24.1 Å². The van der Waals surface area contributed by atoms with Crippen molar-refractivity contribution in [2.75, 3.05) is 0 Å². The number of primary amides is 1. The fourth-order valence-electron chi connectivity index (χ4n) is 2.65. The van der Waals surface area contributed by atoms with Crippen LogP contribution in [0.25, 0.3) is 0 Å². The molecule has 0 aromatic carbocycles. The van der Waals surface area contributed by atoms with E-state index >= 15 is 0 Å². The maximum atomic E-state index is 12.6. The Morgan fingerprint density at radius 1 is 1.26 bits per heavy atom. The van der Waals surface area contributed by atoms with Gasteiger partial charge in [-0.1, -0.05) is 0 Å². The van der Waals surface area contributed by atoms with Crippen LogP contribution in [0.1, 0.15) is 47.7 Å².